The number of ether oxygens (including phenoxy) is 2. The summed E-state index contributed by atoms with van der Waals surface area (Å²) in [4.78, 5) is 10.6. The molecule has 0 aliphatic rings. The lowest BCUT2D eigenvalue weighted by Gasteiger charge is -2.13. The number of methoxy groups -OCH3 is 2. The monoisotopic (exact) mass is 302 g/mol. The fraction of sp³-hybridized carbons (Fsp3) is 0.375. The molecule has 1 heterocycles. The van der Waals surface area contributed by atoms with E-state index in [1.165, 1.54) is 0 Å². The highest BCUT2D eigenvalue weighted by Crippen LogP contribution is 2.25. The van der Waals surface area contributed by atoms with Gasteiger partial charge in [0.15, 0.2) is 0 Å². The Morgan fingerprint density at radius 3 is 2.59 bits per heavy atom. The molecule has 0 unspecified atom stereocenters. The van der Waals surface area contributed by atoms with E-state index >= 15 is 0 Å². The van der Waals surface area contributed by atoms with Crippen molar-refractivity contribution in [3.63, 3.8) is 0 Å². The molecule has 6 heteroatoms. The van der Waals surface area contributed by atoms with Crippen LogP contribution in [0.15, 0.2) is 30.6 Å². The first-order valence-corrected chi connectivity index (χ1v) is 7.03. The molecule has 6 nitrogen and oxygen atoms in total. The van der Waals surface area contributed by atoms with Crippen LogP contribution in [-0.2, 0) is 13.1 Å². The number of benzene rings is 1. The average molecular weight is 302 g/mol. The van der Waals surface area contributed by atoms with E-state index < -0.39 is 0 Å². The van der Waals surface area contributed by atoms with E-state index in [-0.39, 0.29) is 0 Å². The van der Waals surface area contributed by atoms with Crippen LogP contribution in [0.2, 0.25) is 0 Å². The van der Waals surface area contributed by atoms with Crippen LogP contribution >= 0.6 is 0 Å². The lowest BCUT2D eigenvalue weighted by atomic mass is 10.2. The van der Waals surface area contributed by atoms with E-state index in [1.807, 2.05) is 38.4 Å². The van der Waals surface area contributed by atoms with Crippen molar-refractivity contribution in [1.29, 1.82) is 0 Å². The summed E-state index contributed by atoms with van der Waals surface area (Å²) in [6.07, 6.45) is 1.58. The van der Waals surface area contributed by atoms with Crippen LogP contribution in [0.1, 0.15) is 11.3 Å². The molecule has 0 radical (unpaired) electrons. The summed E-state index contributed by atoms with van der Waals surface area (Å²) in [5.74, 6) is 2.36. The first-order valence-electron chi connectivity index (χ1n) is 7.03. The van der Waals surface area contributed by atoms with Gasteiger partial charge in [0.1, 0.15) is 23.6 Å². The molecule has 0 bridgehead atoms. The van der Waals surface area contributed by atoms with Crippen LogP contribution in [-0.4, -0.2) is 43.2 Å². The van der Waals surface area contributed by atoms with Crippen LogP contribution in [0.4, 0.5) is 5.82 Å². The highest BCUT2D eigenvalue weighted by Gasteiger charge is 2.06. The minimum absolute atomic E-state index is 0.617. The van der Waals surface area contributed by atoms with E-state index in [0.717, 1.165) is 35.1 Å². The zero-order chi connectivity index (χ0) is 15.9. The van der Waals surface area contributed by atoms with Gasteiger partial charge in [0.2, 0.25) is 0 Å². The Morgan fingerprint density at radius 1 is 1.09 bits per heavy atom. The Hall–Kier alpha value is -2.34. The van der Waals surface area contributed by atoms with Crippen molar-refractivity contribution in [1.82, 2.24) is 14.9 Å². The van der Waals surface area contributed by atoms with Crippen LogP contribution in [0.5, 0.6) is 11.5 Å². The summed E-state index contributed by atoms with van der Waals surface area (Å²) >= 11 is 0. The summed E-state index contributed by atoms with van der Waals surface area (Å²) in [7, 11) is 7.31. The lowest BCUT2D eigenvalue weighted by molar-refractivity contribution is 0.391. The van der Waals surface area contributed by atoms with E-state index in [1.54, 1.807) is 20.5 Å². The zero-order valence-corrected chi connectivity index (χ0v) is 13.5. The normalized spacial score (nSPS) is 10.6. The molecule has 0 fully saturated rings. The fourth-order valence-electron chi connectivity index (χ4n) is 2.09. The summed E-state index contributed by atoms with van der Waals surface area (Å²) in [5.41, 5.74) is 2.01. The maximum Gasteiger partial charge on any atom is 0.129 e. The molecular weight excluding hydrogens is 280 g/mol. The molecule has 1 N–H and O–H groups in total. The Morgan fingerprint density at radius 2 is 1.91 bits per heavy atom. The maximum atomic E-state index is 5.39. The van der Waals surface area contributed by atoms with Gasteiger partial charge in [-0.1, -0.05) is 0 Å². The van der Waals surface area contributed by atoms with Gasteiger partial charge < -0.3 is 19.7 Å². The van der Waals surface area contributed by atoms with Crippen molar-refractivity contribution in [3.05, 3.63) is 41.9 Å². The minimum atomic E-state index is 0.617. The molecule has 22 heavy (non-hydrogen) atoms. The van der Waals surface area contributed by atoms with Crippen molar-refractivity contribution in [2.45, 2.75) is 13.1 Å². The number of hydrogen-bond donors (Lipinski definition) is 1. The summed E-state index contributed by atoms with van der Waals surface area (Å²) in [6.45, 7) is 1.40. The SMILES string of the molecule is COc1ccc(CNc2cc(CN(C)C)ncn2)c(OC)c1. The molecule has 118 valence electrons. The average Bonchev–Trinajstić information content (AvgIpc) is 2.52. The van der Waals surface area contributed by atoms with Crippen molar-refractivity contribution >= 4 is 5.82 Å². The highest BCUT2D eigenvalue weighted by molar-refractivity contribution is 5.44. The van der Waals surface area contributed by atoms with E-state index in [2.05, 4.69) is 20.2 Å². The van der Waals surface area contributed by atoms with Gasteiger partial charge in [0, 0.05) is 30.8 Å². The van der Waals surface area contributed by atoms with Crippen LogP contribution in [0.25, 0.3) is 0 Å². The predicted molar refractivity (Wildman–Crippen MR) is 86.3 cm³/mol. The van der Waals surface area contributed by atoms with Crippen molar-refractivity contribution in [2.24, 2.45) is 0 Å². The molecule has 2 rings (SSSR count). The molecule has 0 saturated carbocycles. The topological polar surface area (TPSA) is 59.5 Å². The van der Waals surface area contributed by atoms with Gasteiger partial charge in [-0.2, -0.15) is 0 Å². The van der Waals surface area contributed by atoms with Gasteiger partial charge in [0.05, 0.1) is 19.9 Å². The Balaban J connectivity index is 2.06. The van der Waals surface area contributed by atoms with E-state index in [9.17, 15) is 0 Å². The first-order chi connectivity index (χ1) is 10.6. The quantitative estimate of drug-likeness (QED) is 0.846. The smallest absolute Gasteiger partial charge is 0.129 e. The van der Waals surface area contributed by atoms with Crippen LogP contribution in [0, 0.1) is 0 Å². The molecule has 1 aromatic heterocycles. The largest absolute Gasteiger partial charge is 0.497 e. The molecule has 2 aromatic rings. The summed E-state index contributed by atoms with van der Waals surface area (Å²) < 4.78 is 10.6. The van der Waals surface area contributed by atoms with Gasteiger partial charge in [-0.3, -0.25) is 0 Å². The van der Waals surface area contributed by atoms with Crippen molar-refractivity contribution < 1.29 is 9.47 Å². The lowest BCUT2D eigenvalue weighted by Crippen LogP contribution is -2.12. The Bertz CT molecular complexity index is 617. The fourth-order valence-corrected chi connectivity index (χ4v) is 2.09. The standard InChI is InChI=1S/C16H22N4O2/c1-20(2)10-13-7-16(19-11-18-13)17-9-12-5-6-14(21-3)8-15(12)22-4/h5-8,11H,9-10H2,1-4H3,(H,17,18,19). The number of rotatable bonds is 7. The van der Waals surface area contributed by atoms with E-state index in [4.69, 9.17) is 9.47 Å². The summed E-state index contributed by atoms with van der Waals surface area (Å²) in [6, 6.07) is 7.72. The minimum Gasteiger partial charge on any atom is -0.497 e. The maximum absolute atomic E-state index is 5.39. The number of hydrogen-bond acceptors (Lipinski definition) is 6. The zero-order valence-electron chi connectivity index (χ0n) is 13.5. The second-order valence-corrected chi connectivity index (χ2v) is 5.16. The van der Waals surface area contributed by atoms with Gasteiger partial charge in [-0.25, -0.2) is 9.97 Å². The molecule has 0 aliphatic heterocycles. The third-order valence-corrected chi connectivity index (χ3v) is 3.16. The van der Waals surface area contributed by atoms with Gasteiger partial charge in [-0.15, -0.1) is 0 Å². The molecule has 1 aromatic carbocycles. The number of aromatic nitrogens is 2. The van der Waals surface area contributed by atoms with Gasteiger partial charge >= 0.3 is 0 Å². The molecule has 0 saturated heterocycles. The van der Waals surface area contributed by atoms with Gasteiger partial charge in [0.25, 0.3) is 0 Å². The van der Waals surface area contributed by atoms with Crippen molar-refractivity contribution in [3.8, 4) is 11.5 Å². The highest BCUT2D eigenvalue weighted by atomic mass is 16.5. The van der Waals surface area contributed by atoms with Crippen LogP contribution < -0.4 is 14.8 Å². The van der Waals surface area contributed by atoms with Crippen LogP contribution in [0.3, 0.4) is 0 Å². The summed E-state index contributed by atoms with van der Waals surface area (Å²) in [5, 5.41) is 3.30. The third kappa shape index (κ3) is 4.33. The van der Waals surface area contributed by atoms with Crippen molar-refractivity contribution in [2.75, 3.05) is 33.6 Å². The molecule has 0 amide bonds. The number of nitrogens with zero attached hydrogens (tertiary/aromatic N) is 3. The number of nitrogens with one attached hydrogen (secondary N) is 1. The third-order valence-electron chi connectivity index (χ3n) is 3.16. The molecule has 0 atom stereocenters. The predicted octanol–water partition coefficient (Wildman–Crippen LogP) is 2.17. The van der Waals surface area contributed by atoms with E-state index in [0.29, 0.717) is 6.54 Å². The molecule has 0 spiro atoms. The Kier molecular flexibility index (Phi) is 5.55. The second-order valence-electron chi connectivity index (χ2n) is 5.16. The molecular formula is C16H22N4O2. The number of anilines is 1. The Labute approximate surface area is 131 Å². The second kappa shape index (κ2) is 7.61. The van der Waals surface area contributed by atoms with Gasteiger partial charge in [-0.05, 0) is 26.2 Å². The first kappa shape index (κ1) is 16.0. The molecule has 0 aliphatic carbocycles.